The Morgan fingerprint density at radius 2 is 1.95 bits per heavy atom. The van der Waals surface area contributed by atoms with Gasteiger partial charge in [-0.3, -0.25) is 9.59 Å². The van der Waals surface area contributed by atoms with Gasteiger partial charge in [-0.05, 0) is 36.6 Å². The third-order valence-corrected chi connectivity index (χ3v) is 5.91. The number of amides is 1. The first-order chi connectivity index (χ1) is 9.86. The van der Waals surface area contributed by atoms with Crippen LogP contribution in [0.5, 0.6) is 0 Å². The third kappa shape index (κ3) is 2.70. The number of aryl methyl sites for hydroxylation is 1. The molecule has 1 unspecified atom stereocenters. The molecule has 5 nitrogen and oxygen atoms in total. The van der Waals surface area contributed by atoms with Crippen molar-refractivity contribution in [3.63, 3.8) is 0 Å². The molecule has 7 heteroatoms. The highest BCUT2D eigenvalue weighted by Gasteiger charge is 2.38. The van der Waals surface area contributed by atoms with Gasteiger partial charge >= 0.3 is 0 Å². The van der Waals surface area contributed by atoms with Crippen LogP contribution >= 0.6 is 10.7 Å². The predicted molar refractivity (Wildman–Crippen MR) is 79.2 cm³/mol. The van der Waals surface area contributed by atoms with Gasteiger partial charge < -0.3 is 4.90 Å². The molecule has 1 aromatic rings. The molecule has 112 valence electrons. The number of carbonyl (C=O) groups is 2. The van der Waals surface area contributed by atoms with Gasteiger partial charge in [0.25, 0.3) is 0 Å². The Labute approximate surface area is 127 Å². The number of nitrogens with zero attached hydrogens (tertiary/aromatic N) is 1. The number of hydrogen-bond acceptors (Lipinski definition) is 4. The molecule has 0 spiro atoms. The predicted octanol–water partition coefficient (Wildman–Crippen LogP) is 1.88. The maximum Gasteiger partial charge on any atom is 0.237 e. The van der Waals surface area contributed by atoms with E-state index in [4.69, 9.17) is 10.7 Å². The van der Waals surface area contributed by atoms with Gasteiger partial charge in [-0.25, -0.2) is 8.42 Å². The zero-order valence-corrected chi connectivity index (χ0v) is 12.8. The van der Waals surface area contributed by atoms with Crippen LogP contribution in [0.15, 0.2) is 18.2 Å². The van der Waals surface area contributed by atoms with Gasteiger partial charge in [-0.1, -0.05) is 0 Å². The van der Waals surface area contributed by atoms with Crippen LogP contribution in [0.1, 0.15) is 35.2 Å². The molecule has 1 atom stereocenters. The van der Waals surface area contributed by atoms with Crippen molar-refractivity contribution in [3.8, 4) is 0 Å². The molecule has 1 heterocycles. The molecule has 0 aromatic heterocycles. The molecule has 21 heavy (non-hydrogen) atoms. The average molecular weight is 328 g/mol. The Bertz CT molecular complexity index is 728. The van der Waals surface area contributed by atoms with Gasteiger partial charge in [0.1, 0.15) is 5.25 Å². The lowest BCUT2D eigenvalue weighted by molar-refractivity contribution is -0.117. The van der Waals surface area contributed by atoms with E-state index in [0.29, 0.717) is 17.7 Å². The molecule has 1 saturated heterocycles. The van der Waals surface area contributed by atoms with Gasteiger partial charge in [0.15, 0.2) is 5.78 Å². The summed E-state index contributed by atoms with van der Waals surface area (Å²) in [7, 11) is 1.59. The third-order valence-electron chi connectivity index (χ3n) is 4.04. The van der Waals surface area contributed by atoms with Crippen LogP contribution in [0.4, 0.5) is 5.69 Å². The van der Waals surface area contributed by atoms with Crippen LogP contribution in [0, 0.1) is 0 Å². The summed E-state index contributed by atoms with van der Waals surface area (Å²) < 4.78 is 22.7. The fourth-order valence-corrected chi connectivity index (χ4v) is 3.94. The standard InChI is InChI=1S/C14H14ClNO4S/c15-21(19,20)11-7-14(18)16(8-11)10-4-5-12-9(6-10)2-1-3-13(12)17/h4-6,11H,1-3,7-8H2. The number of halogens is 1. The summed E-state index contributed by atoms with van der Waals surface area (Å²) in [6.45, 7) is 0.0669. The lowest BCUT2D eigenvalue weighted by Gasteiger charge is -2.20. The SMILES string of the molecule is O=C1CCCc2cc(N3CC(S(=O)(=O)Cl)CC3=O)ccc21. The van der Waals surface area contributed by atoms with Crippen LogP contribution in [-0.4, -0.2) is 31.9 Å². The van der Waals surface area contributed by atoms with Gasteiger partial charge in [-0.2, -0.15) is 0 Å². The van der Waals surface area contributed by atoms with Crippen molar-refractivity contribution in [2.75, 3.05) is 11.4 Å². The van der Waals surface area contributed by atoms with E-state index >= 15 is 0 Å². The molecule has 2 aliphatic rings. The Morgan fingerprint density at radius 3 is 2.62 bits per heavy atom. The minimum atomic E-state index is -3.75. The van der Waals surface area contributed by atoms with E-state index in [2.05, 4.69) is 0 Å². The molecular formula is C14H14ClNO4S. The number of carbonyl (C=O) groups excluding carboxylic acids is 2. The van der Waals surface area contributed by atoms with Crippen LogP contribution in [-0.2, 0) is 20.3 Å². The number of Topliss-reactive ketones (excluding diaryl/α,β-unsaturated/α-hetero) is 1. The van der Waals surface area contributed by atoms with Gasteiger partial charge in [0.2, 0.25) is 15.0 Å². The smallest absolute Gasteiger partial charge is 0.237 e. The van der Waals surface area contributed by atoms with Crippen molar-refractivity contribution in [1.29, 1.82) is 0 Å². The summed E-state index contributed by atoms with van der Waals surface area (Å²) in [6, 6.07) is 5.23. The summed E-state index contributed by atoms with van der Waals surface area (Å²) in [5.74, 6) is -0.136. The highest BCUT2D eigenvalue weighted by molar-refractivity contribution is 8.14. The van der Waals surface area contributed by atoms with E-state index in [9.17, 15) is 18.0 Å². The average Bonchev–Trinajstić information content (AvgIpc) is 2.81. The highest BCUT2D eigenvalue weighted by Crippen LogP contribution is 2.30. The Morgan fingerprint density at radius 1 is 1.19 bits per heavy atom. The second-order valence-corrected chi connectivity index (χ2v) is 8.33. The first-order valence-corrected chi connectivity index (χ1v) is 9.13. The minimum absolute atomic E-state index is 0.0669. The lowest BCUT2D eigenvalue weighted by atomic mass is 9.90. The van der Waals surface area contributed by atoms with E-state index < -0.39 is 14.3 Å². The molecule has 1 aliphatic heterocycles. The fourth-order valence-electron chi connectivity index (χ4n) is 2.91. The van der Waals surface area contributed by atoms with Gasteiger partial charge in [-0.15, -0.1) is 0 Å². The number of rotatable bonds is 2. The Kier molecular flexibility index (Phi) is 3.53. The molecule has 3 rings (SSSR count). The van der Waals surface area contributed by atoms with E-state index in [1.165, 1.54) is 4.90 Å². The number of fused-ring (bicyclic) bond motifs is 1. The fraction of sp³-hybridized carbons (Fsp3) is 0.429. The molecular weight excluding hydrogens is 314 g/mol. The molecule has 1 fully saturated rings. The zero-order chi connectivity index (χ0) is 15.2. The Hall–Kier alpha value is -1.40. The number of hydrogen-bond donors (Lipinski definition) is 0. The first kappa shape index (κ1) is 14.5. The van der Waals surface area contributed by atoms with Crippen molar-refractivity contribution in [1.82, 2.24) is 0 Å². The summed E-state index contributed by atoms with van der Waals surface area (Å²) in [6.07, 6.45) is 2.07. The lowest BCUT2D eigenvalue weighted by Crippen LogP contribution is -2.27. The minimum Gasteiger partial charge on any atom is -0.311 e. The topological polar surface area (TPSA) is 71.5 Å². The van der Waals surface area contributed by atoms with E-state index in [-0.39, 0.29) is 24.7 Å². The number of ketones is 1. The monoisotopic (exact) mass is 327 g/mol. The van der Waals surface area contributed by atoms with E-state index in [1.54, 1.807) is 12.1 Å². The highest BCUT2D eigenvalue weighted by atomic mass is 35.7. The number of anilines is 1. The maximum absolute atomic E-state index is 12.0. The van der Waals surface area contributed by atoms with E-state index in [1.807, 2.05) is 6.07 Å². The molecule has 1 aliphatic carbocycles. The van der Waals surface area contributed by atoms with Crippen molar-refractivity contribution in [3.05, 3.63) is 29.3 Å². The zero-order valence-electron chi connectivity index (χ0n) is 11.2. The van der Waals surface area contributed by atoms with Crippen molar-refractivity contribution < 1.29 is 18.0 Å². The Balaban J connectivity index is 1.91. The van der Waals surface area contributed by atoms with Gasteiger partial charge in [0.05, 0.1) is 0 Å². The molecule has 0 saturated carbocycles. The maximum atomic E-state index is 12.0. The molecule has 0 N–H and O–H groups in total. The second kappa shape index (κ2) is 5.10. The second-order valence-electron chi connectivity index (χ2n) is 5.42. The number of benzene rings is 1. The quantitative estimate of drug-likeness (QED) is 0.778. The van der Waals surface area contributed by atoms with Crippen molar-refractivity contribution in [2.45, 2.75) is 30.9 Å². The van der Waals surface area contributed by atoms with Crippen molar-refractivity contribution >= 4 is 37.1 Å². The first-order valence-electron chi connectivity index (χ1n) is 6.76. The normalized spacial score (nSPS) is 22.5. The summed E-state index contributed by atoms with van der Waals surface area (Å²) in [4.78, 5) is 25.2. The van der Waals surface area contributed by atoms with Gasteiger partial charge in [0, 0.05) is 41.3 Å². The van der Waals surface area contributed by atoms with Crippen molar-refractivity contribution in [2.24, 2.45) is 0 Å². The molecule has 1 amide bonds. The molecule has 1 aromatic carbocycles. The van der Waals surface area contributed by atoms with E-state index in [0.717, 1.165) is 18.4 Å². The van der Waals surface area contributed by atoms with Crippen LogP contribution < -0.4 is 4.90 Å². The van der Waals surface area contributed by atoms with Crippen LogP contribution in [0.25, 0.3) is 0 Å². The molecule has 0 radical (unpaired) electrons. The van der Waals surface area contributed by atoms with Crippen LogP contribution in [0.3, 0.4) is 0 Å². The van der Waals surface area contributed by atoms with Crippen LogP contribution in [0.2, 0.25) is 0 Å². The summed E-state index contributed by atoms with van der Waals surface area (Å²) in [5, 5.41) is -0.871. The largest absolute Gasteiger partial charge is 0.311 e. The summed E-state index contributed by atoms with van der Waals surface area (Å²) in [5.41, 5.74) is 2.27. The molecule has 0 bridgehead atoms. The summed E-state index contributed by atoms with van der Waals surface area (Å²) >= 11 is 0.